The molecule has 8 nitrogen and oxygen atoms in total. The smallest absolute Gasteiger partial charge is 0.300 e. The maximum Gasteiger partial charge on any atom is 0.300 e. The van der Waals surface area contributed by atoms with Crippen LogP contribution in [-0.2, 0) is 9.47 Å². The quantitative estimate of drug-likeness (QED) is 0.869. The van der Waals surface area contributed by atoms with Gasteiger partial charge in [-0.05, 0) is 18.2 Å². The van der Waals surface area contributed by atoms with Gasteiger partial charge in [-0.2, -0.15) is 10.4 Å². The third kappa shape index (κ3) is 3.15. The average Bonchev–Trinajstić information content (AvgIpc) is 3.20. The molecule has 1 aliphatic carbocycles. The lowest BCUT2D eigenvalue weighted by Gasteiger charge is -2.06. The highest BCUT2D eigenvalue weighted by molar-refractivity contribution is 5.73. The summed E-state index contributed by atoms with van der Waals surface area (Å²) in [6, 6.07) is 2.26. The highest BCUT2D eigenvalue weighted by Crippen LogP contribution is 2.27. The summed E-state index contributed by atoms with van der Waals surface area (Å²) >= 11 is 0. The van der Waals surface area contributed by atoms with Gasteiger partial charge in [0.25, 0.3) is 0 Å². The van der Waals surface area contributed by atoms with E-state index in [2.05, 4.69) is 20.5 Å². The first-order chi connectivity index (χ1) is 11.7. The number of nitrogens with one attached hydrogen (secondary N) is 2. The summed E-state index contributed by atoms with van der Waals surface area (Å²) in [6.07, 6.45) is 9.16. The number of hydrogen-bond donors (Lipinski definition) is 2. The van der Waals surface area contributed by atoms with Crippen molar-refractivity contribution in [3.63, 3.8) is 0 Å². The summed E-state index contributed by atoms with van der Waals surface area (Å²) in [5, 5.41) is 18.3. The second-order valence-electron chi connectivity index (χ2n) is 4.88. The highest BCUT2D eigenvalue weighted by atomic mass is 16.5. The first kappa shape index (κ1) is 15.4. The second kappa shape index (κ2) is 6.75. The maximum atomic E-state index is 8.98. The molecule has 24 heavy (non-hydrogen) atoms. The number of nitrogens with zero attached hydrogens (tertiary/aromatic N) is 3. The van der Waals surface area contributed by atoms with Crippen molar-refractivity contribution in [2.45, 2.75) is 6.42 Å². The zero-order chi connectivity index (χ0) is 16.9. The average molecular weight is 325 g/mol. The fourth-order valence-corrected chi connectivity index (χ4v) is 2.15. The van der Waals surface area contributed by atoms with E-state index in [1.165, 1.54) is 6.20 Å². The van der Waals surface area contributed by atoms with Gasteiger partial charge in [0.2, 0.25) is 0 Å². The van der Waals surface area contributed by atoms with Gasteiger partial charge in [-0.25, -0.2) is 4.98 Å². The molecule has 0 radical (unpaired) electrons. The zero-order valence-electron chi connectivity index (χ0n) is 13.2. The van der Waals surface area contributed by atoms with Gasteiger partial charge >= 0.3 is 6.01 Å². The van der Waals surface area contributed by atoms with E-state index in [0.29, 0.717) is 23.6 Å². The standard InChI is InChI=1S/C16H15N5O3/c1-22-12-4-3-10(5-13(6-12)23-2)14-9-18-16(24-14)20-15-11(7-17)8-19-21-15/h3-5,8-9H,6H2,1-2H3,(H2,18,19,20,21). The Morgan fingerprint density at radius 3 is 2.83 bits per heavy atom. The van der Waals surface area contributed by atoms with E-state index in [-0.39, 0.29) is 6.01 Å². The third-order valence-electron chi connectivity index (χ3n) is 3.42. The summed E-state index contributed by atoms with van der Waals surface area (Å²) in [4.78, 5) is 4.16. The van der Waals surface area contributed by atoms with Crippen LogP contribution in [0.2, 0.25) is 0 Å². The van der Waals surface area contributed by atoms with Crippen molar-refractivity contribution in [3.05, 3.63) is 53.5 Å². The fourth-order valence-electron chi connectivity index (χ4n) is 2.15. The molecular formula is C16H15N5O3. The minimum Gasteiger partial charge on any atom is -0.501 e. The van der Waals surface area contributed by atoms with Gasteiger partial charge in [-0.15, -0.1) is 0 Å². The van der Waals surface area contributed by atoms with Gasteiger partial charge in [0.15, 0.2) is 5.76 Å². The van der Waals surface area contributed by atoms with E-state index in [1.807, 2.05) is 24.3 Å². The Hall–Kier alpha value is -3.47. The van der Waals surface area contributed by atoms with Gasteiger partial charge in [-0.3, -0.25) is 10.4 Å². The molecule has 0 fully saturated rings. The predicted molar refractivity (Wildman–Crippen MR) is 85.9 cm³/mol. The van der Waals surface area contributed by atoms with Crippen LogP contribution in [-0.4, -0.2) is 29.4 Å². The summed E-state index contributed by atoms with van der Waals surface area (Å²) in [6.45, 7) is 0. The molecule has 122 valence electrons. The van der Waals surface area contributed by atoms with Crippen molar-refractivity contribution in [2.75, 3.05) is 19.5 Å². The van der Waals surface area contributed by atoms with Crippen molar-refractivity contribution in [3.8, 4) is 6.07 Å². The van der Waals surface area contributed by atoms with Crippen molar-refractivity contribution >= 4 is 17.4 Å². The molecule has 0 saturated carbocycles. The molecular weight excluding hydrogens is 310 g/mol. The van der Waals surface area contributed by atoms with Crippen LogP contribution in [0.4, 0.5) is 11.8 Å². The Kier molecular flexibility index (Phi) is 4.34. The number of hydrogen-bond acceptors (Lipinski definition) is 7. The van der Waals surface area contributed by atoms with Crippen LogP contribution in [0, 0.1) is 11.3 Å². The number of allylic oxidation sites excluding steroid dienone is 4. The Labute approximate surface area is 138 Å². The summed E-state index contributed by atoms with van der Waals surface area (Å²) < 4.78 is 16.3. The van der Waals surface area contributed by atoms with E-state index in [9.17, 15) is 0 Å². The molecule has 0 spiro atoms. The van der Waals surface area contributed by atoms with E-state index in [4.69, 9.17) is 19.2 Å². The van der Waals surface area contributed by atoms with Crippen LogP contribution in [0.15, 0.2) is 46.6 Å². The number of aromatic nitrogens is 3. The van der Waals surface area contributed by atoms with Crippen LogP contribution >= 0.6 is 0 Å². The van der Waals surface area contributed by atoms with Gasteiger partial charge < -0.3 is 13.9 Å². The van der Waals surface area contributed by atoms with E-state index in [0.717, 1.165) is 17.1 Å². The largest absolute Gasteiger partial charge is 0.501 e. The first-order valence-corrected chi connectivity index (χ1v) is 7.09. The Morgan fingerprint density at radius 1 is 1.25 bits per heavy atom. The first-order valence-electron chi connectivity index (χ1n) is 7.09. The second-order valence-corrected chi connectivity index (χ2v) is 4.88. The molecule has 3 rings (SSSR count). The lowest BCUT2D eigenvalue weighted by Crippen LogP contribution is -1.92. The minimum absolute atomic E-state index is 0.249. The van der Waals surface area contributed by atoms with Gasteiger partial charge in [0, 0.05) is 5.57 Å². The Balaban J connectivity index is 1.86. The van der Waals surface area contributed by atoms with Crippen LogP contribution in [0.1, 0.15) is 17.7 Å². The van der Waals surface area contributed by atoms with Crippen molar-refractivity contribution in [2.24, 2.45) is 0 Å². The fraction of sp³-hybridized carbons (Fsp3) is 0.188. The molecule has 0 bridgehead atoms. The number of oxazole rings is 1. The molecule has 0 saturated heterocycles. The van der Waals surface area contributed by atoms with Crippen LogP contribution in [0.3, 0.4) is 0 Å². The molecule has 2 N–H and O–H groups in total. The van der Waals surface area contributed by atoms with E-state index in [1.54, 1.807) is 20.4 Å². The molecule has 8 heteroatoms. The van der Waals surface area contributed by atoms with Crippen molar-refractivity contribution < 1.29 is 13.9 Å². The summed E-state index contributed by atoms with van der Waals surface area (Å²) in [7, 11) is 3.22. The zero-order valence-corrected chi connectivity index (χ0v) is 13.2. The number of aromatic amines is 1. The number of methoxy groups -OCH3 is 2. The van der Waals surface area contributed by atoms with Crippen LogP contribution in [0.25, 0.3) is 5.57 Å². The van der Waals surface area contributed by atoms with Gasteiger partial charge in [-0.1, -0.05) is 0 Å². The van der Waals surface area contributed by atoms with E-state index >= 15 is 0 Å². The molecule has 1 aliphatic rings. The molecule has 2 aromatic heterocycles. The number of nitriles is 1. The van der Waals surface area contributed by atoms with Crippen molar-refractivity contribution in [1.82, 2.24) is 15.2 Å². The molecule has 2 heterocycles. The molecule has 0 atom stereocenters. The topological polar surface area (TPSA) is 109 Å². The Bertz CT molecular complexity index is 866. The Morgan fingerprint density at radius 2 is 2.08 bits per heavy atom. The molecule has 0 aromatic carbocycles. The monoisotopic (exact) mass is 325 g/mol. The summed E-state index contributed by atoms with van der Waals surface area (Å²) in [5.74, 6) is 2.51. The molecule has 0 aliphatic heterocycles. The number of rotatable bonds is 5. The lowest BCUT2D eigenvalue weighted by molar-refractivity contribution is 0.239. The van der Waals surface area contributed by atoms with Crippen LogP contribution in [0.5, 0.6) is 0 Å². The SMILES string of the molecule is COC1=CC=C(c2cnc(Nc3[nH]ncc3C#N)o2)C=C(OC)C1. The maximum absolute atomic E-state index is 8.98. The van der Waals surface area contributed by atoms with Gasteiger partial charge in [0.05, 0.1) is 33.0 Å². The molecule has 0 unspecified atom stereocenters. The third-order valence-corrected chi connectivity index (χ3v) is 3.42. The van der Waals surface area contributed by atoms with Gasteiger partial charge in [0.1, 0.15) is 29.0 Å². The number of ether oxygens (including phenoxy) is 2. The molecule has 2 aromatic rings. The number of anilines is 2. The predicted octanol–water partition coefficient (Wildman–Crippen LogP) is 2.86. The minimum atomic E-state index is 0.249. The number of H-pyrrole nitrogens is 1. The van der Waals surface area contributed by atoms with E-state index < -0.39 is 0 Å². The van der Waals surface area contributed by atoms with Crippen molar-refractivity contribution in [1.29, 1.82) is 5.26 Å². The van der Waals surface area contributed by atoms with Crippen LogP contribution < -0.4 is 5.32 Å². The normalized spacial score (nSPS) is 14.0. The summed E-state index contributed by atoms with van der Waals surface area (Å²) in [5.41, 5.74) is 1.17. The molecule has 0 amide bonds. The lowest BCUT2D eigenvalue weighted by atomic mass is 10.2. The highest BCUT2D eigenvalue weighted by Gasteiger charge is 2.14.